The first-order valence-electron chi connectivity index (χ1n) is 6.86. The number of piperidine rings is 1. The van der Waals surface area contributed by atoms with Gasteiger partial charge in [0.25, 0.3) is 0 Å². The van der Waals surface area contributed by atoms with Crippen molar-refractivity contribution in [2.24, 2.45) is 5.92 Å². The molecule has 1 N–H and O–H groups in total. The van der Waals surface area contributed by atoms with Crippen LogP contribution in [-0.4, -0.2) is 60.4 Å². The summed E-state index contributed by atoms with van der Waals surface area (Å²) in [6.07, 6.45) is 1.86. The molecule has 2 rings (SSSR count). The van der Waals surface area contributed by atoms with Gasteiger partial charge >= 0.3 is 0 Å². The first-order valence-corrected chi connectivity index (χ1v) is 6.86. The van der Waals surface area contributed by atoms with E-state index in [0.717, 1.165) is 39.0 Å². The zero-order valence-electron chi connectivity index (χ0n) is 11.7. The van der Waals surface area contributed by atoms with E-state index in [0.29, 0.717) is 6.54 Å². The molecule has 19 heavy (non-hydrogen) atoms. The van der Waals surface area contributed by atoms with E-state index in [1.807, 2.05) is 4.90 Å². The summed E-state index contributed by atoms with van der Waals surface area (Å²) in [5.74, 6) is 0.319. The molecule has 2 saturated heterocycles. The number of piperazine rings is 1. The number of likely N-dealkylation sites (tertiary alicyclic amines) is 1. The minimum atomic E-state index is 0. The van der Waals surface area contributed by atoms with Gasteiger partial charge in [0, 0.05) is 45.7 Å². The smallest absolute Gasteiger partial charge is 0.227 e. The van der Waals surface area contributed by atoms with Crippen LogP contribution in [0, 0.1) is 5.92 Å². The lowest BCUT2D eigenvalue weighted by molar-refractivity contribution is -0.142. The second kappa shape index (κ2) is 7.10. The molecule has 0 aliphatic carbocycles. The highest BCUT2D eigenvalue weighted by atomic mass is 35.5. The van der Waals surface area contributed by atoms with Crippen molar-refractivity contribution in [3.63, 3.8) is 0 Å². The van der Waals surface area contributed by atoms with Gasteiger partial charge in [-0.15, -0.1) is 12.4 Å². The topological polar surface area (TPSA) is 52.7 Å². The third-order valence-corrected chi connectivity index (χ3v) is 4.00. The minimum Gasteiger partial charge on any atom is -0.342 e. The van der Waals surface area contributed by atoms with Crippen LogP contribution in [0.1, 0.15) is 26.7 Å². The zero-order valence-corrected chi connectivity index (χ0v) is 12.5. The summed E-state index contributed by atoms with van der Waals surface area (Å²) in [6.45, 7) is 7.60. The van der Waals surface area contributed by atoms with Crippen LogP contribution in [-0.2, 0) is 9.59 Å². The molecule has 6 heteroatoms. The quantitative estimate of drug-likeness (QED) is 0.764. The van der Waals surface area contributed by atoms with E-state index in [-0.39, 0.29) is 36.2 Å². The van der Waals surface area contributed by atoms with Crippen LogP contribution in [0.3, 0.4) is 0 Å². The average molecular weight is 290 g/mol. The minimum absolute atomic E-state index is 0. The predicted molar refractivity (Wildman–Crippen MR) is 76.3 cm³/mol. The first kappa shape index (κ1) is 16.2. The molecule has 2 aliphatic heterocycles. The molecule has 2 fully saturated rings. The zero-order chi connectivity index (χ0) is 13.1. The fourth-order valence-corrected chi connectivity index (χ4v) is 2.87. The van der Waals surface area contributed by atoms with Gasteiger partial charge in [0.15, 0.2) is 0 Å². The molecule has 110 valence electrons. The Labute approximate surface area is 121 Å². The Morgan fingerprint density at radius 3 is 2.63 bits per heavy atom. The van der Waals surface area contributed by atoms with E-state index in [4.69, 9.17) is 0 Å². The number of carbonyl (C=O) groups excluding carboxylic acids is 2. The molecule has 0 aromatic rings. The van der Waals surface area contributed by atoms with Gasteiger partial charge in [0.2, 0.25) is 11.8 Å². The lowest BCUT2D eigenvalue weighted by atomic mass is 9.95. The maximum Gasteiger partial charge on any atom is 0.227 e. The van der Waals surface area contributed by atoms with Gasteiger partial charge < -0.3 is 15.1 Å². The number of nitrogens with one attached hydrogen (secondary N) is 1. The van der Waals surface area contributed by atoms with Crippen LogP contribution in [0.15, 0.2) is 0 Å². The molecule has 0 bridgehead atoms. The first-order chi connectivity index (χ1) is 8.59. The Bertz CT molecular complexity index is 338. The molecule has 0 saturated carbocycles. The van der Waals surface area contributed by atoms with E-state index < -0.39 is 0 Å². The summed E-state index contributed by atoms with van der Waals surface area (Å²) in [6, 6.07) is 0.263. The van der Waals surface area contributed by atoms with Gasteiger partial charge in [0.05, 0.1) is 5.92 Å². The highest BCUT2D eigenvalue weighted by Crippen LogP contribution is 2.20. The number of amides is 2. The van der Waals surface area contributed by atoms with Gasteiger partial charge in [-0.05, 0) is 19.8 Å². The highest BCUT2D eigenvalue weighted by Gasteiger charge is 2.32. The van der Waals surface area contributed by atoms with Crippen LogP contribution < -0.4 is 5.32 Å². The van der Waals surface area contributed by atoms with E-state index in [1.54, 1.807) is 11.8 Å². The molecule has 0 spiro atoms. The van der Waals surface area contributed by atoms with Crippen LogP contribution in [0.2, 0.25) is 0 Å². The SMILES string of the molecule is CC(=O)N1CCCC(C(=O)N2CCNC[C@H]2C)C1.Cl. The Kier molecular flexibility index (Phi) is 6.07. The molecule has 0 radical (unpaired) electrons. The summed E-state index contributed by atoms with van der Waals surface area (Å²) in [7, 11) is 0. The normalized spacial score (nSPS) is 27.7. The van der Waals surface area contributed by atoms with Crippen molar-refractivity contribution in [2.45, 2.75) is 32.7 Å². The summed E-state index contributed by atoms with van der Waals surface area (Å²) in [5, 5.41) is 3.29. The Hall–Kier alpha value is -0.810. The molecule has 0 aromatic heterocycles. The Morgan fingerprint density at radius 1 is 1.26 bits per heavy atom. The average Bonchev–Trinajstić information content (AvgIpc) is 2.38. The van der Waals surface area contributed by atoms with Crippen molar-refractivity contribution in [1.82, 2.24) is 15.1 Å². The lowest BCUT2D eigenvalue weighted by Crippen LogP contribution is -2.55. The number of halogens is 1. The fraction of sp³-hybridized carbons (Fsp3) is 0.846. The predicted octanol–water partition coefficient (Wildman–Crippen LogP) is 0.487. The van der Waals surface area contributed by atoms with E-state index in [9.17, 15) is 9.59 Å². The van der Waals surface area contributed by atoms with E-state index >= 15 is 0 Å². The van der Waals surface area contributed by atoms with Crippen LogP contribution in [0.25, 0.3) is 0 Å². The third-order valence-electron chi connectivity index (χ3n) is 4.00. The molecule has 2 heterocycles. The van der Waals surface area contributed by atoms with E-state index in [2.05, 4.69) is 12.2 Å². The van der Waals surface area contributed by atoms with Gasteiger partial charge in [-0.2, -0.15) is 0 Å². The Morgan fingerprint density at radius 2 is 2.00 bits per heavy atom. The fourth-order valence-electron chi connectivity index (χ4n) is 2.87. The van der Waals surface area contributed by atoms with Gasteiger partial charge in [-0.3, -0.25) is 9.59 Å². The van der Waals surface area contributed by atoms with Crippen molar-refractivity contribution in [3.8, 4) is 0 Å². The van der Waals surface area contributed by atoms with Crippen LogP contribution in [0.4, 0.5) is 0 Å². The second-order valence-electron chi connectivity index (χ2n) is 5.39. The largest absolute Gasteiger partial charge is 0.342 e. The van der Waals surface area contributed by atoms with E-state index in [1.165, 1.54) is 0 Å². The molecular formula is C13H24ClN3O2. The number of hydrogen-bond donors (Lipinski definition) is 1. The van der Waals surface area contributed by atoms with Gasteiger partial charge in [-0.25, -0.2) is 0 Å². The lowest BCUT2D eigenvalue weighted by Gasteiger charge is -2.39. The van der Waals surface area contributed by atoms with Crippen LogP contribution in [0.5, 0.6) is 0 Å². The summed E-state index contributed by atoms with van der Waals surface area (Å²) >= 11 is 0. The van der Waals surface area contributed by atoms with Crippen molar-refractivity contribution < 1.29 is 9.59 Å². The maximum absolute atomic E-state index is 12.5. The van der Waals surface area contributed by atoms with Gasteiger partial charge in [-0.1, -0.05) is 0 Å². The van der Waals surface area contributed by atoms with Crippen LogP contribution >= 0.6 is 12.4 Å². The molecule has 2 amide bonds. The molecule has 5 nitrogen and oxygen atoms in total. The number of hydrogen-bond acceptors (Lipinski definition) is 3. The van der Waals surface area contributed by atoms with Crippen molar-refractivity contribution in [2.75, 3.05) is 32.7 Å². The second-order valence-corrected chi connectivity index (χ2v) is 5.39. The summed E-state index contributed by atoms with van der Waals surface area (Å²) in [4.78, 5) is 27.7. The third kappa shape index (κ3) is 3.83. The molecule has 1 unspecified atom stereocenters. The van der Waals surface area contributed by atoms with Crippen molar-refractivity contribution in [1.29, 1.82) is 0 Å². The molecule has 0 aromatic carbocycles. The monoisotopic (exact) mass is 289 g/mol. The molecule has 2 aliphatic rings. The van der Waals surface area contributed by atoms with Crippen molar-refractivity contribution >= 4 is 24.2 Å². The summed E-state index contributed by atoms with van der Waals surface area (Å²) in [5.41, 5.74) is 0. The van der Waals surface area contributed by atoms with Crippen molar-refractivity contribution in [3.05, 3.63) is 0 Å². The number of nitrogens with zero attached hydrogens (tertiary/aromatic N) is 2. The maximum atomic E-state index is 12.5. The molecular weight excluding hydrogens is 266 g/mol. The number of rotatable bonds is 1. The number of carbonyl (C=O) groups is 2. The Balaban J connectivity index is 0.00000180. The highest BCUT2D eigenvalue weighted by molar-refractivity contribution is 5.85. The standard InChI is InChI=1S/C13H23N3O2.ClH/c1-10-8-14-5-7-16(10)13(18)12-4-3-6-15(9-12)11(2)17;/h10,12,14H,3-9H2,1-2H3;1H/t10-,12?;/m1./s1. The van der Waals surface area contributed by atoms with Gasteiger partial charge in [0.1, 0.15) is 0 Å². The molecule has 2 atom stereocenters. The summed E-state index contributed by atoms with van der Waals surface area (Å²) < 4.78 is 0.